The van der Waals surface area contributed by atoms with Crippen molar-refractivity contribution in [3.05, 3.63) is 27.3 Å². The van der Waals surface area contributed by atoms with E-state index in [-0.39, 0.29) is 6.42 Å². The van der Waals surface area contributed by atoms with Crippen LogP contribution in [0.3, 0.4) is 0 Å². The highest BCUT2D eigenvalue weighted by molar-refractivity contribution is 14.1. The van der Waals surface area contributed by atoms with Crippen LogP contribution in [0.1, 0.15) is 5.56 Å². The summed E-state index contributed by atoms with van der Waals surface area (Å²) in [5, 5.41) is 8.33. The lowest BCUT2D eigenvalue weighted by Crippen LogP contribution is -1.92. The van der Waals surface area contributed by atoms with Gasteiger partial charge in [0.05, 0.1) is 18.7 Å². The summed E-state index contributed by atoms with van der Waals surface area (Å²) in [5.74, 6) is -0.393. The van der Waals surface area contributed by atoms with E-state index in [1.165, 1.54) is 6.07 Å². The summed E-state index contributed by atoms with van der Waals surface area (Å²) in [6.45, 7) is 0. The number of pyridine rings is 1. The van der Waals surface area contributed by atoms with Gasteiger partial charge in [-0.3, -0.25) is 0 Å². The molecule has 11 heavy (non-hydrogen) atoms. The average Bonchev–Trinajstić information content (AvgIpc) is 1.98. The van der Waals surface area contributed by atoms with Crippen molar-refractivity contribution in [2.75, 3.05) is 0 Å². The third kappa shape index (κ3) is 2.12. The molecule has 4 heteroatoms. The molecule has 0 unspecified atom stereocenters. The van der Waals surface area contributed by atoms with Crippen molar-refractivity contribution in [2.45, 2.75) is 6.42 Å². The molecule has 0 fully saturated rings. The normalized spacial score (nSPS) is 9.18. The molecule has 0 amide bonds. The molecule has 2 nitrogen and oxygen atoms in total. The van der Waals surface area contributed by atoms with Crippen LogP contribution in [0, 0.1) is 20.8 Å². The van der Waals surface area contributed by atoms with E-state index in [1.54, 1.807) is 0 Å². The molecule has 0 radical (unpaired) electrons. The van der Waals surface area contributed by atoms with Gasteiger partial charge in [-0.25, -0.2) is 9.37 Å². The summed E-state index contributed by atoms with van der Waals surface area (Å²) in [5.41, 5.74) is 0.646. The topological polar surface area (TPSA) is 36.7 Å². The third-order valence-corrected chi connectivity index (χ3v) is 2.12. The van der Waals surface area contributed by atoms with Crippen LogP contribution < -0.4 is 0 Å². The molecule has 0 aliphatic carbocycles. The van der Waals surface area contributed by atoms with Crippen LogP contribution in [0.2, 0.25) is 0 Å². The van der Waals surface area contributed by atoms with Crippen molar-refractivity contribution in [2.24, 2.45) is 0 Å². The van der Waals surface area contributed by atoms with Gasteiger partial charge in [-0.15, -0.1) is 0 Å². The maximum atomic E-state index is 12.5. The highest BCUT2D eigenvalue weighted by Crippen LogP contribution is 2.10. The summed E-state index contributed by atoms with van der Waals surface area (Å²) < 4.78 is 13.2. The van der Waals surface area contributed by atoms with Crippen LogP contribution in [0.15, 0.2) is 12.3 Å². The lowest BCUT2D eigenvalue weighted by atomic mass is 10.2. The van der Waals surface area contributed by atoms with Gasteiger partial charge in [-0.1, -0.05) is 0 Å². The Kier molecular flexibility index (Phi) is 2.76. The van der Waals surface area contributed by atoms with Gasteiger partial charge < -0.3 is 0 Å². The Bertz CT molecular complexity index is 306. The molecule has 0 saturated carbocycles. The van der Waals surface area contributed by atoms with E-state index in [2.05, 4.69) is 4.98 Å². The molecule has 0 aromatic carbocycles. The molecule has 1 aromatic rings. The van der Waals surface area contributed by atoms with Crippen LogP contribution in [0.5, 0.6) is 0 Å². The van der Waals surface area contributed by atoms with E-state index in [1.807, 2.05) is 28.7 Å². The molecule has 0 atom stereocenters. The number of halogens is 2. The zero-order valence-corrected chi connectivity index (χ0v) is 7.67. The van der Waals surface area contributed by atoms with Gasteiger partial charge in [0.25, 0.3) is 0 Å². The van der Waals surface area contributed by atoms with Crippen molar-refractivity contribution in [1.29, 1.82) is 5.26 Å². The second kappa shape index (κ2) is 3.62. The molecule has 0 bridgehead atoms. The van der Waals surface area contributed by atoms with Gasteiger partial charge in [0.2, 0.25) is 0 Å². The van der Waals surface area contributed by atoms with Crippen molar-refractivity contribution in [3.63, 3.8) is 0 Å². The Balaban J connectivity index is 3.05. The van der Waals surface area contributed by atoms with Crippen LogP contribution in [0.25, 0.3) is 0 Å². The van der Waals surface area contributed by atoms with Gasteiger partial charge >= 0.3 is 0 Å². The van der Waals surface area contributed by atoms with Crippen LogP contribution in [-0.2, 0) is 6.42 Å². The van der Waals surface area contributed by atoms with E-state index < -0.39 is 5.82 Å². The van der Waals surface area contributed by atoms with Gasteiger partial charge in [-0.05, 0) is 28.7 Å². The smallest absolute Gasteiger partial charge is 0.141 e. The third-order valence-electron chi connectivity index (χ3n) is 1.15. The van der Waals surface area contributed by atoms with Crippen molar-refractivity contribution in [3.8, 4) is 6.07 Å². The summed E-state index contributed by atoms with van der Waals surface area (Å²) in [4.78, 5) is 3.76. The lowest BCUT2D eigenvalue weighted by molar-refractivity contribution is 0.618. The maximum absolute atomic E-state index is 12.5. The minimum atomic E-state index is -0.393. The Hall–Kier alpha value is -0.700. The minimum absolute atomic E-state index is 0.211. The number of hydrogen-bond acceptors (Lipinski definition) is 2. The van der Waals surface area contributed by atoms with E-state index in [9.17, 15) is 4.39 Å². The summed E-state index contributed by atoms with van der Waals surface area (Å²) in [7, 11) is 0. The second-order valence-electron chi connectivity index (χ2n) is 1.94. The predicted octanol–water partition coefficient (Wildman–Crippen LogP) is 1.89. The van der Waals surface area contributed by atoms with Gasteiger partial charge in [-0.2, -0.15) is 5.26 Å². The minimum Gasteiger partial charge on any atom is -0.247 e. The number of nitriles is 1. The lowest BCUT2D eigenvalue weighted by Gasteiger charge is -1.96. The maximum Gasteiger partial charge on any atom is 0.141 e. The molecule has 0 aliphatic rings. The highest BCUT2D eigenvalue weighted by atomic mass is 127. The fourth-order valence-corrected chi connectivity index (χ4v) is 1.16. The van der Waals surface area contributed by atoms with E-state index in [4.69, 9.17) is 5.26 Å². The molecule has 0 N–H and O–H groups in total. The largest absolute Gasteiger partial charge is 0.247 e. The Labute approximate surface area is 77.2 Å². The Morgan fingerprint density at radius 1 is 1.73 bits per heavy atom. The zero-order valence-electron chi connectivity index (χ0n) is 5.51. The number of aromatic nitrogens is 1. The first-order valence-electron chi connectivity index (χ1n) is 2.91. The number of rotatable bonds is 1. The number of nitrogens with zero attached hydrogens (tertiary/aromatic N) is 2. The molecule has 0 aliphatic heterocycles. The van der Waals surface area contributed by atoms with Gasteiger partial charge in [0, 0.05) is 5.56 Å². The summed E-state index contributed by atoms with van der Waals surface area (Å²) >= 11 is 1.97. The molecule has 0 saturated heterocycles. The van der Waals surface area contributed by atoms with Crippen molar-refractivity contribution >= 4 is 22.6 Å². The van der Waals surface area contributed by atoms with Crippen LogP contribution >= 0.6 is 22.6 Å². The second-order valence-corrected chi connectivity index (χ2v) is 2.96. The quantitative estimate of drug-likeness (QED) is 0.572. The van der Waals surface area contributed by atoms with E-state index >= 15 is 0 Å². The SMILES string of the molecule is N#CCc1cc(F)cnc1I. The van der Waals surface area contributed by atoms with E-state index in [0.29, 0.717) is 9.26 Å². The predicted molar refractivity (Wildman–Crippen MR) is 46.2 cm³/mol. The monoisotopic (exact) mass is 262 g/mol. The standard InChI is InChI=1S/C7H4FIN2/c8-6-3-5(1-2-10)7(9)11-4-6/h3-4H,1H2. The molecule has 0 spiro atoms. The van der Waals surface area contributed by atoms with Crippen molar-refractivity contribution in [1.82, 2.24) is 4.98 Å². The van der Waals surface area contributed by atoms with E-state index in [0.717, 1.165) is 6.20 Å². The Morgan fingerprint density at radius 2 is 2.45 bits per heavy atom. The fraction of sp³-hybridized carbons (Fsp3) is 0.143. The Morgan fingerprint density at radius 3 is 3.09 bits per heavy atom. The molecule has 56 valence electrons. The first-order chi connectivity index (χ1) is 5.24. The summed E-state index contributed by atoms with van der Waals surface area (Å²) in [6, 6.07) is 3.27. The summed E-state index contributed by atoms with van der Waals surface area (Å²) in [6.07, 6.45) is 1.35. The molecule has 1 aromatic heterocycles. The van der Waals surface area contributed by atoms with Gasteiger partial charge in [0.1, 0.15) is 9.52 Å². The highest BCUT2D eigenvalue weighted by Gasteiger charge is 2.01. The molecule has 1 rings (SSSR count). The first-order valence-corrected chi connectivity index (χ1v) is 3.99. The van der Waals surface area contributed by atoms with Crippen LogP contribution in [0.4, 0.5) is 4.39 Å². The van der Waals surface area contributed by atoms with Crippen molar-refractivity contribution < 1.29 is 4.39 Å². The zero-order chi connectivity index (χ0) is 8.27. The fourth-order valence-electron chi connectivity index (χ4n) is 0.674. The molecular weight excluding hydrogens is 258 g/mol. The van der Waals surface area contributed by atoms with Crippen LogP contribution in [-0.4, -0.2) is 4.98 Å². The first kappa shape index (κ1) is 8.40. The van der Waals surface area contributed by atoms with Gasteiger partial charge in [0.15, 0.2) is 0 Å². The molecular formula is C7H4FIN2. The average molecular weight is 262 g/mol. The molecule has 1 heterocycles. The number of hydrogen-bond donors (Lipinski definition) is 0.